The summed E-state index contributed by atoms with van der Waals surface area (Å²) in [5, 5.41) is 24.7. The van der Waals surface area contributed by atoms with Crippen molar-refractivity contribution in [2.45, 2.75) is 218 Å². The predicted octanol–water partition coefficient (Wildman–Crippen LogP) is 16.5. The molecule has 0 rings (SSSR count). The van der Waals surface area contributed by atoms with E-state index < -0.39 is 32.7 Å². The summed E-state index contributed by atoms with van der Waals surface area (Å²) in [5.74, 6) is -0.286. The maximum atomic E-state index is 13.0. The summed E-state index contributed by atoms with van der Waals surface area (Å²) in [6.07, 6.45) is 75.5. The minimum absolute atomic E-state index is 0.00562. The van der Waals surface area contributed by atoms with Crippen molar-refractivity contribution in [1.29, 1.82) is 0 Å². The molecule has 0 saturated carbocycles. The topological polar surface area (TPSA) is 125 Å². The SMILES string of the molecule is CC/C=C\C/C=C\C/C=C\C/C=C\C/C=C\C/C=C\C/C=C\C/C=C\C/C=C\CCCCCCCCCCCC(=O)NC(COP(=O)(O)OCC[N+](C)(C)C)C(O)C(O)CCC/C=C/CC/C=C/CCCCC. The molecule has 0 aromatic carbocycles. The summed E-state index contributed by atoms with van der Waals surface area (Å²) in [4.78, 5) is 23.3. The Morgan fingerprint density at radius 1 is 0.493 bits per heavy atom. The van der Waals surface area contributed by atoms with Gasteiger partial charge in [0.1, 0.15) is 19.3 Å². The van der Waals surface area contributed by atoms with Crippen molar-refractivity contribution in [3.63, 3.8) is 0 Å². The van der Waals surface area contributed by atoms with E-state index >= 15 is 0 Å². The third kappa shape index (κ3) is 53.2. The number of rotatable bonds is 50. The van der Waals surface area contributed by atoms with Crippen LogP contribution in [0.3, 0.4) is 0 Å². The van der Waals surface area contributed by atoms with Crippen LogP contribution in [-0.4, -0.2) is 84.6 Å². The molecule has 4 N–H and O–H groups in total. The van der Waals surface area contributed by atoms with Gasteiger partial charge in [0.05, 0.1) is 39.9 Å². The van der Waals surface area contributed by atoms with E-state index in [-0.39, 0.29) is 18.9 Å². The highest BCUT2D eigenvalue weighted by Crippen LogP contribution is 2.43. The number of phosphoric acid groups is 1. The van der Waals surface area contributed by atoms with Gasteiger partial charge in [-0.1, -0.05) is 205 Å². The fraction of sp³-hybridized carbons (Fsp3) is 0.635. The fourth-order valence-electron chi connectivity index (χ4n) is 7.44. The number of likely N-dealkylation sites (N-methyl/N-ethyl adjacent to an activating group) is 1. The molecule has 10 heteroatoms. The summed E-state index contributed by atoms with van der Waals surface area (Å²) >= 11 is 0. The summed E-state index contributed by atoms with van der Waals surface area (Å²) < 4.78 is 23.6. The van der Waals surface area contributed by atoms with Crippen molar-refractivity contribution in [1.82, 2.24) is 5.32 Å². The molecular weight excluding hydrogens is 928 g/mol. The second kappa shape index (κ2) is 52.1. The Bertz CT molecular complexity index is 1660. The predicted molar refractivity (Wildman–Crippen MR) is 314 cm³/mol. The van der Waals surface area contributed by atoms with Crippen molar-refractivity contribution in [3.05, 3.63) is 134 Å². The molecule has 9 nitrogen and oxygen atoms in total. The van der Waals surface area contributed by atoms with E-state index in [1.165, 1.54) is 51.4 Å². The molecule has 0 saturated heterocycles. The molecule has 4 atom stereocenters. The van der Waals surface area contributed by atoms with Gasteiger partial charge in [-0.3, -0.25) is 13.8 Å². The number of quaternary nitrogens is 1. The second-order valence-corrected chi connectivity index (χ2v) is 21.5. The number of hydrogen-bond acceptors (Lipinski definition) is 6. The number of nitrogens with zero attached hydrogens (tertiary/aromatic N) is 1. The zero-order valence-electron chi connectivity index (χ0n) is 46.9. The highest BCUT2D eigenvalue weighted by molar-refractivity contribution is 7.47. The van der Waals surface area contributed by atoms with Crippen LogP contribution in [0.15, 0.2) is 134 Å². The summed E-state index contributed by atoms with van der Waals surface area (Å²) in [6, 6.07) is -1.07. The first-order chi connectivity index (χ1) is 35.4. The average Bonchev–Trinajstić information content (AvgIpc) is 3.35. The maximum absolute atomic E-state index is 13.0. The number of unbranched alkanes of at least 4 members (excludes halogenated alkanes) is 14. The van der Waals surface area contributed by atoms with Crippen LogP contribution in [0.5, 0.6) is 0 Å². The molecule has 0 aliphatic heterocycles. The van der Waals surface area contributed by atoms with Crippen LogP contribution in [0.4, 0.5) is 0 Å². The molecule has 0 fully saturated rings. The van der Waals surface area contributed by atoms with E-state index in [1.54, 1.807) is 0 Å². The highest BCUT2D eigenvalue weighted by atomic mass is 31.2. The first kappa shape index (κ1) is 69.6. The molecule has 73 heavy (non-hydrogen) atoms. The molecule has 0 spiro atoms. The van der Waals surface area contributed by atoms with Crippen LogP contribution in [0.25, 0.3) is 0 Å². The van der Waals surface area contributed by atoms with Gasteiger partial charge in [-0.25, -0.2) is 4.57 Å². The molecule has 0 aromatic rings. The van der Waals surface area contributed by atoms with E-state index in [2.05, 4.69) is 153 Å². The lowest BCUT2D eigenvalue weighted by Gasteiger charge is -2.28. The summed E-state index contributed by atoms with van der Waals surface area (Å²) in [5.41, 5.74) is 0. The smallest absolute Gasteiger partial charge is 0.390 e. The average molecular weight is 1040 g/mol. The molecule has 0 aliphatic rings. The van der Waals surface area contributed by atoms with Crippen LogP contribution in [0.2, 0.25) is 0 Å². The number of carbonyl (C=O) groups is 1. The Labute approximate surface area is 448 Å². The fourth-order valence-corrected chi connectivity index (χ4v) is 8.18. The number of nitrogens with one attached hydrogen (secondary N) is 1. The third-order valence-corrected chi connectivity index (χ3v) is 12.9. The van der Waals surface area contributed by atoms with Crippen molar-refractivity contribution < 1.29 is 38.0 Å². The largest absolute Gasteiger partial charge is 0.472 e. The summed E-state index contributed by atoms with van der Waals surface area (Å²) in [6.45, 7) is 4.40. The molecule has 0 heterocycles. The summed E-state index contributed by atoms with van der Waals surface area (Å²) in [7, 11) is 1.38. The normalized spacial score (nSPS) is 15.3. The molecule has 416 valence electrons. The van der Waals surface area contributed by atoms with Crippen LogP contribution >= 0.6 is 7.82 Å². The van der Waals surface area contributed by atoms with Crippen LogP contribution in [0.1, 0.15) is 200 Å². The van der Waals surface area contributed by atoms with Crippen molar-refractivity contribution in [3.8, 4) is 0 Å². The standard InChI is InChI=1S/C63H107N2O7P/c1-6-8-10-12-14-16-18-20-21-22-23-24-25-26-27-28-29-30-31-32-33-34-35-36-37-38-39-40-41-42-43-44-46-48-50-52-54-56-62(67)64-60(59-72-73(69,70)71-58-57-65(3,4)5)63(68)61(66)55-53-51-49-47-45-19-17-15-13-11-9-7-2/h8,10,14-17,20-21,23-24,26-27,29-30,32-33,35-36,38-39,47,49,60-61,63,66,68H,6-7,9,11-13,18-19,22,25,28,31,34,37,40-46,48,50-59H2,1-5H3,(H-,64,67,69,70)/p+1/b10-8-,16-14-,17-15+,21-20-,24-23-,27-26-,30-29-,33-32-,36-35-,39-38-,49-47+. The van der Waals surface area contributed by atoms with Gasteiger partial charge < -0.3 is 24.9 Å². The van der Waals surface area contributed by atoms with Crippen LogP contribution in [0, 0.1) is 0 Å². The zero-order chi connectivity index (χ0) is 53.6. The van der Waals surface area contributed by atoms with Gasteiger partial charge >= 0.3 is 7.82 Å². The minimum atomic E-state index is -4.44. The number of aliphatic hydroxyl groups is 2. The lowest BCUT2D eigenvalue weighted by atomic mass is 10.0. The van der Waals surface area contributed by atoms with Gasteiger partial charge in [-0.05, 0) is 122 Å². The van der Waals surface area contributed by atoms with Gasteiger partial charge in [0.2, 0.25) is 5.91 Å². The number of phosphoric ester groups is 1. The lowest BCUT2D eigenvalue weighted by molar-refractivity contribution is -0.870. The van der Waals surface area contributed by atoms with E-state index in [1.807, 2.05) is 21.1 Å². The number of allylic oxidation sites excluding steroid dienone is 22. The van der Waals surface area contributed by atoms with Gasteiger partial charge in [0, 0.05) is 6.42 Å². The van der Waals surface area contributed by atoms with Gasteiger partial charge in [0.15, 0.2) is 0 Å². The van der Waals surface area contributed by atoms with Gasteiger partial charge in [0.25, 0.3) is 0 Å². The Morgan fingerprint density at radius 3 is 1.30 bits per heavy atom. The minimum Gasteiger partial charge on any atom is -0.390 e. The first-order valence-corrected chi connectivity index (χ1v) is 30.1. The molecule has 0 bridgehead atoms. The van der Waals surface area contributed by atoms with Crippen molar-refractivity contribution in [2.24, 2.45) is 0 Å². The van der Waals surface area contributed by atoms with Crippen molar-refractivity contribution in [2.75, 3.05) is 40.9 Å². The molecule has 4 unspecified atom stereocenters. The van der Waals surface area contributed by atoms with Gasteiger partial charge in [-0.15, -0.1) is 0 Å². The molecule has 0 aromatic heterocycles. The van der Waals surface area contributed by atoms with Crippen LogP contribution < -0.4 is 5.32 Å². The quantitative estimate of drug-likeness (QED) is 0.0207. The monoisotopic (exact) mass is 1040 g/mol. The van der Waals surface area contributed by atoms with E-state index in [0.29, 0.717) is 30.3 Å². The number of carbonyl (C=O) groups excluding carboxylic acids is 1. The Morgan fingerprint density at radius 2 is 0.863 bits per heavy atom. The van der Waals surface area contributed by atoms with E-state index in [9.17, 15) is 24.5 Å². The Hall–Kier alpha value is -3.40. The molecule has 0 aliphatic carbocycles. The van der Waals surface area contributed by atoms with Crippen molar-refractivity contribution >= 4 is 13.7 Å². The molecule has 0 radical (unpaired) electrons. The Kier molecular flexibility index (Phi) is 49.6. The number of aliphatic hydroxyl groups excluding tert-OH is 2. The first-order valence-electron chi connectivity index (χ1n) is 28.6. The zero-order valence-corrected chi connectivity index (χ0v) is 47.8. The number of hydrogen-bond donors (Lipinski definition) is 4. The third-order valence-electron chi connectivity index (χ3n) is 12.0. The number of amides is 1. The second-order valence-electron chi connectivity index (χ2n) is 20.0. The van der Waals surface area contributed by atoms with E-state index in [0.717, 1.165) is 109 Å². The maximum Gasteiger partial charge on any atom is 0.472 e. The van der Waals surface area contributed by atoms with Gasteiger partial charge in [-0.2, -0.15) is 0 Å². The Balaban J connectivity index is 4.22. The van der Waals surface area contributed by atoms with E-state index in [4.69, 9.17) is 9.05 Å². The van der Waals surface area contributed by atoms with Crippen LogP contribution in [-0.2, 0) is 18.4 Å². The highest BCUT2D eigenvalue weighted by Gasteiger charge is 2.31. The molecule has 1 amide bonds. The molecular formula is C63H108N2O7P+. The lowest BCUT2D eigenvalue weighted by Crippen LogP contribution is -2.51.